The summed E-state index contributed by atoms with van der Waals surface area (Å²) >= 11 is 0. The van der Waals surface area contributed by atoms with Crippen LogP contribution in [-0.4, -0.2) is 50.1 Å². The van der Waals surface area contributed by atoms with Gasteiger partial charge in [0.2, 0.25) is 0 Å². The number of carbonyl (C=O) groups excluding carboxylic acids is 1. The number of esters is 1. The molecule has 0 radical (unpaired) electrons. The van der Waals surface area contributed by atoms with Gasteiger partial charge in [-0.2, -0.15) is 0 Å². The number of aliphatic hydroxyl groups is 1. The summed E-state index contributed by atoms with van der Waals surface area (Å²) in [5, 5.41) is 10.8. The normalized spacial score (nSPS) is 22.9. The summed E-state index contributed by atoms with van der Waals surface area (Å²) in [4.78, 5) is 11.6. The van der Waals surface area contributed by atoms with E-state index in [-0.39, 0.29) is 11.6 Å². The fourth-order valence-electron chi connectivity index (χ4n) is 3.14. The zero-order valence-corrected chi connectivity index (χ0v) is 20.9. The Bertz CT molecular complexity index is 803. The zero-order chi connectivity index (χ0) is 23.4. The van der Waals surface area contributed by atoms with Crippen molar-refractivity contribution in [2.45, 2.75) is 89.9 Å². The summed E-state index contributed by atoms with van der Waals surface area (Å²) in [5.74, 6) is 3.26. The van der Waals surface area contributed by atoms with Gasteiger partial charge in [-0.05, 0) is 44.5 Å². The number of rotatable bonds is 6. The van der Waals surface area contributed by atoms with Crippen molar-refractivity contribution < 1.29 is 28.5 Å². The van der Waals surface area contributed by atoms with E-state index in [2.05, 4.69) is 45.7 Å². The van der Waals surface area contributed by atoms with Gasteiger partial charge in [0, 0.05) is 5.92 Å². The van der Waals surface area contributed by atoms with Crippen LogP contribution in [0.4, 0.5) is 0 Å². The lowest BCUT2D eigenvalue weighted by molar-refractivity contribution is -0.158. The summed E-state index contributed by atoms with van der Waals surface area (Å²) in [7, 11) is -2.20. The SMILES string of the molecule is CCOC(=O)C#C[C@H](O)[C@H]1OC(C)(C)O[C@@H]1[C@H](O[Si](C)(C)C(C)(C)C)c1ccccc1. The number of aliphatic hydroxyl groups excluding tert-OH is 1. The van der Waals surface area contributed by atoms with Crippen molar-refractivity contribution in [2.24, 2.45) is 0 Å². The van der Waals surface area contributed by atoms with Crippen LogP contribution in [0.2, 0.25) is 18.1 Å². The number of benzene rings is 1. The maximum Gasteiger partial charge on any atom is 0.384 e. The number of hydrogen-bond acceptors (Lipinski definition) is 6. The standard InChI is InChI=1S/C24H36O6Si/c1-9-27-19(26)16-15-18(25)21-22(29-24(5,6)28-21)20(17-13-11-10-12-14-17)30-31(7,8)23(2,3)4/h10-14,18,20-22,25H,9H2,1-8H3/t18-,20+,21+,22+/m0/s1. The molecule has 4 atom stereocenters. The van der Waals surface area contributed by atoms with Crippen molar-refractivity contribution in [3.8, 4) is 11.8 Å². The fraction of sp³-hybridized carbons (Fsp3) is 0.625. The highest BCUT2D eigenvalue weighted by Crippen LogP contribution is 2.44. The minimum atomic E-state index is -2.20. The molecule has 2 rings (SSSR count). The van der Waals surface area contributed by atoms with Crippen LogP contribution in [0.15, 0.2) is 30.3 Å². The average Bonchev–Trinajstić information content (AvgIpc) is 2.99. The van der Waals surface area contributed by atoms with E-state index in [1.54, 1.807) is 20.8 Å². The molecule has 7 heteroatoms. The van der Waals surface area contributed by atoms with Crippen molar-refractivity contribution in [1.29, 1.82) is 0 Å². The predicted molar refractivity (Wildman–Crippen MR) is 122 cm³/mol. The van der Waals surface area contributed by atoms with E-state index in [0.717, 1.165) is 5.56 Å². The van der Waals surface area contributed by atoms with Gasteiger partial charge < -0.3 is 23.7 Å². The molecular formula is C24H36O6Si. The third-order valence-electron chi connectivity index (χ3n) is 5.73. The highest BCUT2D eigenvalue weighted by Gasteiger charge is 2.51. The van der Waals surface area contributed by atoms with E-state index in [1.165, 1.54) is 0 Å². The molecule has 0 saturated carbocycles. The number of carbonyl (C=O) groups is 1. The van der Waals surface area contributed by atoms with E-state index in [4.69, 9.17) is 18.6 Å². The predicted octanol–water partition coefficient (Wildman–Crippen LogP) is 4.20. The second kappa shape index (κ2) is 9.84. The monoisotopic (exact) mass is 448 g/mol. The maximum absolute atomic E-state index is 11.6. The van der Waals surface area contributed by atoms with Crippen molar-refractivity contribution in [2.75, 3.05) is 6.61 Å². The molecule has 1 aliphatic rings. The van der Waals surface area contributed by atoms with E-state index >= 15 is 0 Å². The number of hydrogen-bond donors (Lipinski definition) is 1. The maximum atomic E-state index is 11.6. The lowest BCUT2D eigenvalue weighted by Crippen LogP contribution is -2.47. The van der Waals surface area contributed by atoms with Gasteiger partial charge in [0.1, 0.15) is 18.3 Å². The largest absolute Gasteiger partial charge is 0.456 e. The highest BCUT2D eigenvalue weighted by atomic mass is 28.4. The zero-order valence-electron chi connectivity index (χ0n) is 19.9. The number of ether oxygens (including phenoxy) is 3. The van der Waals surface area contributed by atoms with E-state index in [1.807, 2.05) is 30.3 Å². The Morgan fingerprint density at radius 3 is 2.32 bits per heavy atom. The molecule has 1 saturated heterocycles. The van der Waals surface area contributed by atoms with Crippen LogP contribution in [0.1, 0.15) is 53.2 Å². The van der Waals surface area contributed by atoms with Gasteiger partial charge in [0.15, 0.2) is 14.1 Å². The van der Waals surface area contributed by atoms with Crippen LogP contribution in [-0.2, 0) is 23.4 Å². The van der Waals surface area contributed by atoms with Crippen molar-refractivity contribution in [1.82, 2.24) is 0 Å². The van der Waals surface area contributed by atoms with Gasteiger partial charge in [0.05, 0.1) is 12.7 Å². The first kappa shape index (κ1) is 25.6. The van der Waals surface area contributed by atoms with Gasteiger partial charge in [-0.3, -0.25) is 0 Å². The lowest BCUT2D eigenvalue weighted by atomic mass is 9.97. The Labute approximate surface area is 187 Å². The first-order valence-electron chi connectivity index (χ1n) is 10.7. The molecule has 1 aliphatic heterocycles. The molecule has 31 heavy (non-hydrogen) atoms. The Hall–Kier alpha value is -1.69. The summed E-state index contributed by atoms with van der Waals surface area (Å²) in [6.45, 7) is 16.4. The summed E-state index contributed by atoms with van der Waals surface area (Å²) < 4.78 is 23.9. The molecule has 1 aromatic carbocycles. The first-order valence-corrected chi connectivity index (χ1v) is 13.6. The molecule has 1 heterocycles. The molecule has 0 unspecified atom stereocenters. The van der Waals surface area contributed by atoms with Gasteiger partial charge in [-0.15, -0.1) is 0 Å². The minimum absolute atomic E-state index is 0.0210. The molecule has 6 nitrogen and oxygen atoms in total. The van der Waals surface area contributed by atoms with Crippen molar-refractivity contribution in [3.63, 3.8) is 0 Å². The second-order valence-corrected chi connectivity index (χ2v) is 14.5. The molecule has 0 amide bonds. The average molecular weight is 449 g/mol. The lowest BCUT2D eigenvalue weighted by Gasteiger charge is -2.41. The molecule has 1 aromatic rings. The van der Waals surface area contributed by atoms with Crippen LogP contribution in [0, 0.1) is 11.8 Å². The summed E-state index contributed by atoms with van der Waals surface area (Å²) in [6.07, 6.45) is -3.12. The molecule has 0 aliphatic carbocycles. The van der Waals surface area contributed by atoms with Gasteiger partial charge >= 0.3 is 5.97 Å². The third-order valence-corrected chi connectivity index (χ3v) is 10.2. The molecule has 0 aromatic heterocycles. The van der Waals surface area contributed by atoms with Crippen LogP contribution < -0.4 is 0 Å². The molecular weight excluding hydrogens is 412 g/mol. The second-order valence-electron chi connectivity index (χ2n) is 9.71. The van der Waals surface area contributed by atoms with Crippen LogP contribution in [0.5, 0.6) is 0 Å². The first-order chi connectivity index (χ1) is 14.3. The fourth-order valence-corrected chi connectivity index (χ4v) is 4.40. The van der Waals surface area contributed by atoms with Crippen LogP contribution in [0.3, 0.4) is 0 Å². The Kier molecular flexibility index (Phi) is 8.12. The van der Waals surface area contributed by atoms with E-state index in [9.17, 15) is 9.90 Å². The molecule has 1 fully saturated rings. The summed E-state index contributed by atoms with van der Waals surface area (Å²) in [5.41, 5.74) is 0.939. The van der Waals surface area contributed by atoms with Gasteiger partial charge in [0.25, 0.3) is 0 Å². The Morgan fingerprint density at radius 2 is 1.77 bits per heavy atom. The third kappa shape index (κ3) is 6.64. The Balaban J connectivity index is 2.42. The Morgan fingerprint density at radius 1 is 1.19 bits per heavy atom. The van der Waals surface area contributed by atoms with Crippen molar-refractivity contribution >= 4 is 14.3 Å². The van der Waals surface area contributed by atoms with Crippen molar-refractivity contribution in [3.05, 3.63) is 35.9 Å². The van der Waals surface area contributed by atoms with Gasteiger partial charge in [-0.1, -0.05) is 57.0 Å². The molecule has 0 spiro atoms. The van der Waals surface area contributed by atoms with E-state index in [0.29, 0.717) is 0 Å². The van der Waals surface area contributed by atoms with Gasteiger partial charge in [-0.25, -0.2) is 4.79 Å². The van der Waals surface area contributed by atoms with Crippen LogP contribution >= 0.6 is 0 Å². The molecule has 172 valence electrons. The smallest absolute Gasteiger partial charge is 0.384 e. The highest BCUT2D eigenvalue weighted by molar-refractivity contribution is 6.74. The molecule has 0 bridgehead atoms. The van der Waals surface area contributed by atoms with E-state index < -0.39 is 44.5 Å². The summed E-state index contributed by atoms with van der Waals surface area (Å²) in [6, 6.07) is 9.81. The quantitative estimate of drug-likeness (QED) is 0.304. The molecule has 1 N–H and O–H groups in total. The van der Waals surface area contributed by atoms with Crippen LogP contribution in [0.25, 0.3) is 0 Å². The topological polar surface area (TPSA) is 74.2 Å². The minimum Gasteiger partial charge on any atom is -0.456 e.